The minimum absolute atomic E-state index is 0.118. The van der Waals surface area contributed by atoms with Crippen LogP contribution in [0.1, 0.15) is 62.6 Å². The number of benzene rings is 1. The molecule has 1 amide bonds. The average Bonchev–Trinajstić information content (AvgIpc) is 2.58. The summed E-state index contributed by atoms with van der Waals surface area (Å²) in [5.74, 6) is -0.285. The van der Waals surface area contributed by atoms with Crippen molar-refractivity contribution in [3.63, 3.8) is 0 Å². The third-order valence-electron chi connectivity index (χ3n) is 5.37. The number of rotatable bonds is 6. The molecule has 0 radical (unpaired) electrons. The van der Waals surface area contributed by atoms with Crippen molar-refractivity contribution in [2.45, 2.75) is 71.8 Å². The zero-order valence-electron chi connectivity index (χ0n) is 16.0. The molecule has 1 N–H and O–H groups in total. The Kier molecular flexibility index (Phi) is 6.63. The number of carbonyl (C=O) groups excluding carboxylic acids is 2. The minimum Gasteiger partial charge on any atom is -0.464 e. The van der Waals surface area contributed by atoms with Crippen molar-refractivity contribution in [1.82, 2.24) is 5.32 Å². The van der Waals surface area contributed by atoms with Gasteiger partial charge in [0.2, 0.25) is 5.91 Å². The molecular weight excluding hydrogens is 314 g/mol. The van der Waals surface area contributed by atoms with Gasteiger partial charge in [0.05, 0.1) is 13.0 Å². The molecule has 0 bridgehead atoms. The second-order valence-corrected chi connectivity index (χ2v) is 7.41. The average molecular weight is 345 g/mol. The molecule has 1 aliphatic rings. The summed E-state index contributed by atoms with van der Waals surface area (Å²) in [5, 5.41) is 3.02. The predicted octanol–water partition coefficient (Wildman–Crippen LogP) is 3.86. The molecule has 2 rings (SSSR count). The van der Waals surface area contributed by atoms with Gasteiger partial charge >= 0.3 is 5.97 Å². The SMILES string of the molecule is CCOC(=O)C(C)(NC(=O)Cc1ccc(C)cc1C)C1CCCCC1. The quantitative estimate of drug-likeness (QED) is 0.797. The van der Waals surface area contributed by atoms with Gasteiger partial charge < -0.3 is 10.1 Å². The Bertz CT molecular complexity index is 620. The van der Waals surface area contributed by atoms with Gasteiger partial charge in [-0.25, -0.2) is 4.79 Å². The van der Waals surface area contributed by atoms with Gasteiger partial charge in [0.25, 0.3) is 0 Å². The van der Waals surface area contributed by atoms with Crippen LogP contribution in [-0.2, 0) is 20.7 Å². The van der Waals surface area contributed by atoms with E-state index in [1.54, 1.807) is 6.92 Å². The molecule has 0 aromatic heterocycles. The maximum atomic E-state index is 12.7. The summed E-state index contributed by atoms with van der Waals surface area (Å²) in [6, 6.07) is 6.09. The van der Waals surface area contributed by atoms with Crippen LogP contribution < -0.4 is 5.32 Å². The maximum Gasteiger partial charge on any atom is 0.331 e. The van der Waals surface area contributed by atoms with E-state index in [4.69, 9.17) is 4.74 Å². The smallest absolute Gasteiger partial charge is 0.331 e. The molecule has 25 heavy (non-hydrogen) atoms. The zero-order chi connectivity index (χ0) is 18.4. The minimum atomic E-state index is -0.938. The second kappa shape index (κ2) is 8.50. The molecule has 1 aliphatic carbocycles. The third kappa shape index (κ3) is 4.83. The van der Waals surface area contributed by atoms with Crippen molar-refractivity contribution in [3.05, 3.63) is 34.9 Å². The Morgan fingerprint density at radius 3 is 2.48 bits per heavy atom. The summed E-state index contributed by atoms with van der Waals surface area (Å²) < 4.78 is 5.30. The molecular formula is C21H31NO3. The normalized spacial score (nSPS) is 17.6. The molecule has 1 fully saturated rings. The van der Waals surface area contributed by atoms with Crippen molar-refractivity contribution >= 4 is 11.9 Å². The van der Waals surface area contributed by atoms with E-state index in [0.717, 1.165) is 36.8 Å². The molecule has 0 aliphatic heterocycles. The lowest BCUT2D eigenvalue weighted by Crippen LogP contribution is -2.58. The molecule has 0 spiro atoms. The fourth-order valence-electron chi connectivity index (χ4n) is 3.83. The summed E-state index contributed by atoms with van der Waals surface area (Å²) in [6.45, 7) is 8.02. The number of hydrogen-bond donors (Lipinski definition) is 1. The monoisotopic (exact) mass is 345 g/mol. The Balaban J connectivity index is 2.14. The summed E-state index contributed by atoms with van der Waals surface area (Å²) in [4.78, 5) is 25.3. The van der Waals surface area contributed by atoms with E-state index in [9.17, 15) is 9.59 Å². The molecule has 0 heterocycles. The van der Waals surface area contributed by atoms with Crippen LogP contribution in [0.5, 0.6) is 0 Å². The highest BCUT2D eigenvalue weighted by Gasteiger charge is 2.44. The Labute approximate surface area is 151 Å². The van der Waals surface area contributed by atoms with Crippen LogP contribution in [0.15, 0.2) is 18.2 Å². The highest BCUT2D eigenvalue weighted by Crippen LogP contribution is 2.33. The molecule has 1 aromatic carbocycles. The number of hydrogen-bond acceptors (Lipinski definition) is 3. The second-order valence-electron chi connectivity index (χ2n) is 7.41. The highest BCUT2D eigenvalue weighted by molar-refractivity contribution is 5.89. The number of esters is 1. The van der Waals surface area contributed by atoms with E-state index in [1.165, 1.54) is 12.0 Å². The summed E-state index contributed by atoms with van der Waals surface area (Å²) in [6.07, 6.45) is 5.61. The van der Waals surface area contributed by atoms with Crippen LogP contribution in [0.3, 0.4) is 0 Å². The van der Waals surface area contributed by atoms with Crippen LogP contribution >= 0.6 is 0 Å². The standard InChI is InChI=1S/C21H31NO3/c1-5-25-20(24)21(4,18-9-7-6-8-10-18)22-19(23)14-17-12-11-15(2)13-16(17)3/h11-13,18H,5-10,14H2,1-4H3,(H,22,23). The molecule has 4 nitrogen and oxygen atoms in total. The number of aryl methyl sites for hydroxylation is 2. The molecule has 1 saturated carbocycles. The van der Waals surface area contributed by atoms with Crippen molar-refractivity contribution in [3.8, 4) is 0 Å². The van der Waals surface area contributed by atoms with Crippen molar-refractivity contribution in [2.24, 2.45) is 5.92 Å². The predicted molar refractivity (Wildman–Crippen MR) is 99.4 cm³/mol. The molecule has 1 atom stereocenters. The molecule has 0 saturated heterocycles. The lowest BCUT2D eigenvalue weighted by atomic mass is 9.75. The molecule has 1 aromatic rings. The molecule has 1 unspecified atom stereocenters. The number of ether oxygens (including phenoxy) is 1. The Hall–Kier alpha value is -1.84. The topological polar surface area (TPSA) is 55.4 Å². The van der Waals surface area contributed by atoms with Crippen molar-refractivity contribution < 1.29 is 14.3 Å². The molecule has 4 heteroatoms. The van der Waals surface area contributed by atoms with Crippen LogP contribution in [-0.4, -0.2) is 24.0 Å². The van der Waals surface area contributed by atoms with Gasteiger partial charge in [0.1, 0.15) is 5.54 Å². The van der Waals surface area contributed by atoms with Crippen LogP contribution in [0.4, 0.5) is 0 Å². The highest BCUT2D eigenvalue weighted by atomic mass is 16.5. The van der Waals surface area contributed by atoms with E-state index < -0.39 is 5.54 Å². The maximum absolute atomic E-state index is 12.7. The van der Waals surface area contributed by atoms with E-state index in [0.29, 0.717) is 6.61 Å². The van der Waals surface area contributed by atoms with E-state index in [1.807, 2.05) is 32.9 Å². The van der Waals surface area contributed by atoms with Gasteiger partial charge in [0.15, 0.2) is 0 Å². The van der Waals surface area contributed by atoms with Crippen LogP contribution in [0.25, 0.3) is 0 Å². The lowest BCUT2D eigenvalue weighted by Gasteiger charge is -2.38. The van der Waals surface area contributed by atoms with E-state index >= 15 is 0 Å². The number of amides is 1. The Morgan fingerprint density at radius 2 is 1.88 bits per heavy atom. The first-order chi connectivity index (χ1) is 11.9. The van der Waals surface area contributed by atoms with Gasteiger partial charge in [-0.1, -0.05) is 43.0 Å². The molecule has 138 valence electrons. The van der Waals surface area contributed by atoms with Gasteiger partial charge in [-0.15, -0.1) is 0 Å². The van der Waals surface area contributed by atoms with Crippen molar-refractivity contribution in [1.29, 1.82) is 0 Å². The summed E-state index contributed by atoms with van der Waals surface area (Å²) in [7, 11) is 0. The fraction of sp³-hybridized carbons (Fsp3) is 0.619. The van der Waals surface area contributed by atoms with E-state index in [2.05, 4.69) is 11.4 Å². The van der Waals surface area contributed by atoms with Crippen molar-refractivity contribution in [2.75, 3.05) is 6.61 Å². The third-order valence-corrected chi connectivity index (χ3v) is 5.37. The Morgan fingerprint density at radius 1 is 1.20 bits per heavy atom. The van der Waals surface area contributed by atoms with Crippen LogP contribution in [0.2, 0.25) is 0 Å². The van der Waals surface area contributed by atoms with Gasteiger partial charge in [-0.2, -0.15) is 0 Å². The van der Waals surface area contributed by atoms with Gasteiger partial charge in [-0.3, -0.25) is 4.79 Å². The number of nitrogens with one attached hydrogen (secondary N) is 1. The van der Waals surface area contributed by atoms with Crippen LogP contribution in [0, 0.1) is 19.8 Å². The summed E-state index contributed by atoms with van der Waals surface area (Å²) >= 11 is 0. The fourth-order valence-corrected chi connectivity index (χ4v) is 3.83. The first-order valence-electron chi connectivity index (χ1n) is 9.41. The summed E-state index contributed by atoms with van der Waals surface area (Å²) in [5.41, 5.74) is 2.34. The first kappa shape index (κ1) is 19.5. The first-order valence-corrected chi connectivity index (χ1v) is 9.41. The lowest BCUT2D eigenvalue weighted by molar-refractivity contribution is -0.156. The zero-order valence-corrected chi connectivity index (χ0v) is 16.0. The largest absolute Gasteiger partial charge is 0.464 e. The van der Waals surface area contributed by atoms with Gasteiger partial charge in [0, 0.05) is 0 Å². The number of carbonyl (C=O) groups is 2. The van der Waals surface area contributed by atoms with E-state index in [-0.39, 0.29) is 24.2 Å². The van der Waals surface area contributed by atoms with Gasteiger partial charge in [-0.05, 0) is 57.6 Å².